The average molecular weight is 298 g/mol. The molecule has 0 saturated heterocycles. The van der Waals surface area contributed by atoms with Crippen molar-refractivity contribution >= 4 is 28.2 Å². The molecule has 0 spiro atoms. The van der Waals surface area contributed by atoms with Gasteiger partial charge in [-0.2, -0.15) is 0 Å². The molecule has 1 amide bonds. The molecule has 0 bridgehead atoms. The van der Waals surface area contributed by atoms with E-state index in [9.17, 15) is 9.59 Å². The molecule has 0 aliphatic rings. The highest BCUT2D eigenvalue weighted by molar-refractivity contribution is 7.16. The molecule has 112 valence electrons. The van der Waals surface area contributed by atoms with Crippen LogP contribution in [-0.4, -0.2) is 24.5 Å². The predicted molar refractivity (Wildman–Crippen MR) is 81.3 cm³/mol. The van der Waals surface area contributed by atoms with Gasteiger partial charge in [0.25, 0.3) is 0 Å². The van der Waals surface area contributed by atoms with Gasteiger partial charge < -0.3 is 15.8 Å². The largest absolute Gasteiger partial charge is 0.465 e. The van der Waals surface area contributed by atoms with Gasteiger partial charge in [-0.25, -0.2) is 4.79 Å². The van der Waals surface area contributed by atoms with Gasteiger partial charge in [-0.1, -0.05) is 13.8 Å². The Morgan fingerprint density at radius 2 is 1.85 bits per heavy atom. The third-order valence-electron chi connectivity index (χ3n) is 3.72. The minimum Gasteiger partial charge on any atom is -0.465 e. The number of ether oxygens (including phenoxy) is 1. The topological polar surface area (TPSA) is 81.4 Å². The Morgan fingerprint density at radius 3 is 2.30 bits per heavy atom. The van der Waals surface area contributed by atoms with Crippen molar-refractivity contribution in [2.75, 3.05) is 12.4 Å². The zero-order valence-corrected chi connectivity index (χ0v) is 13.4. The lowest BCUT2D eigenvalue weighted by molar-refractivity contribution is -0.121. The molecular formula is C14H22N2O3S. The Labute approximate surface area is 123 Å². The zero-order valence-electron chi connectivity index (χ0n) is 12.6. The lowest BCUT2D eigenvalue weighted by atomic mass is 9.93. The summed E-state index contributed by atoms with van der Waals surface area (Å²) in [6.45, 7) is 7.48. The first-order chi connectivity index (χ1) is 9.30. The van der Waals surface area contributed by atoms with Gasteiger partial charge in [0.2, 0.25) is 5.91 Å². The van der Waals surface area contributed by atoms with Crippen molar-refractivity contribution in [2.24, 2.45) is 5.73 Å². The molecule has 1 aromatic heterocycles. The van der Waals surface area contributed by atoms with Gasteiger partial charge >= 0.3 is 5.97 Å². The SMILES string of the molecule is CCC(N)(CC)C(=O)Nc1sc(C)c(C)c1C(=O)OC. The fourth-order valence-corrected chi connectivity index (χ4v) is 2.91. The fraction of sp³-hybridized carbons (Fsp3) is 0.571. The minimum atomic E-state index is -0.917. The van der Waals surface area contributed by atoms with Crippen LogP contribution in [0.5, 0.6) is 0 Å². The Balaban J connectivity index is 3.13. The summed E-state index contributed by atoms with van der Waals surface area (Å²) in [6.07, 6.45) is 1.07. The van der Waals surface area contributed by atoms with E-state index in [0.29, 0.717) is 23.4 Å². The van der Waals surface area contributed by atoms with Crippen molar-refractivity contribution in [1.82, 2.24) is 0 Å². The second-order valence-corrected chi connectivity index (χ2v) is 6.02. The molecule has 0 fully saturated rings. The zero-order chi connectivity index (χ0) is 15.5. The molecule has 5 nitrogen and oxygen atoms in total. The number of nitrogens with one attached hydrogen (secondary N) is 1. The van der Waals surface area contributed by atoms with Crippen LogP contribution >= 0.6 is 11.3 Å². The molecule has 1 rings (SSSR count). The molecule has 0 aliphatic carbocycles. The second kappa shape index (κ2) is 6.37. The summed E-state index contributed by atoms with van der Waals surface area (Å²) in [7, 11) is 1.33. The molecule has 0 radical (unpaired) electrons. The number of carbonyl (C=O) groups is 2. The highest BCUT2D eigenvalue weighted by Gasteiger charge is 2.32. The second-order valence-electron chi connectivity index (χ2n) is 4.80. The number of carbonyl (C=O) groups excluding carboxylic acids is 2. The smallest absolute Gasteiger partial charge is 0.341 e. The van der Waals surface area contributed by atoms with E-state index in [4.69, 9.17) is 10.5 Å². The van der Waals surface area contributed by atoms with Crippen molar-refractivity contribution in [3.05, 3.63) is 16.0 Å². The number of thiophene rings is 1. The third-order valence-corrected chi connectivity index (χ3v) is 4.84. The first-order valence-corrected chi connectivity index (χ1v) is 7.41. The fourth-order valence-electron chi connectivity index (χ4n) is 1.86. The lowest BCUT2D eigenvalue weighted by Crippen LogP contribution is -2.50. The van der Waals surface area contributed by atoms with Crippen LogP contribution in [0.25, 0.3) is 0 Å². The van der Waals surface area contributed by atoms with E-state index in [0.717, 1.165) is 10.4 Å². The molecule has 1 heterocycles. The van der Waals surface area contributed by atoms with Crippen LogP contribution in [0.15, 0.2) is 0 Å². The molecule has 3 N–H and O–H groups in total. The first kappa shape index (κ1) is 16.7. The van der Waals surface area contributed by atoms with E-state index in [1.54, 1.807) is 0 Å². The van der Waals surface area contributed by atoms with Crippen LogP contribution in [0.1, 0.15) is 47.5 Å². The third kappa shape index (κ3) is 3.02. The van der Waals surface area contributed by atoms with Gasteiger partial charge in [0.1, 0.15) is 5.00 Å². The molecule has 0 saturated carbocycles. The molecule has 1 aromatic rings. The number of aryl methyl sites for hydroxylation is 1. The summed E-state index contributed by atoms with van der Waals surface area (Å²) < 4.78 is 4.78. The Hall–Kier alpha value is -1.40. The molecule has 0 aliphatic heterocycles. The normalized spacial score (nSPS) is 11.3. The van der Waals surface area contributed by atoms with Crippen LogP contribution in [0, 0.1) is 13.8 Å². The Morgan fingerprint density at radius 1 is 1.30 bits per heavy atom. The standard InChI is InChI=1S/C14H22N2O3S/c1-6-14(15,7-2)13(18)16-11-10(12(17)19-5)8(3)9(4)20-11/h6-7,15H2,1-5H3,(H,16,18). The van der Waals surface area contributed by atoms with E-state index >= 15 is 0 Å². The van der Waals surface area contributed by atoms with Crippen molar-refractivity contribution in [1.29, 1.82) is 0 Å². The number of hydrogen-bond acceptors (Lipinski definition) is 5. The first-order valence-electron chi connectivity index (χ1n) is 6.59. The summed E-state index contributed by atoms with van der Waals surface area (Å²) in [5, 5.41) is 3.29. The number of methoxy groups -OCH3 is 1. The number of amides is 1. The summed E-state index contributed by atoms with van der Waals surface area (Å²) in [5.41, 5.74) is 6.39. The Bertz CT molecular complexity index is 519. The van der Waals surface area contributed by atoms with E-state index in [2.05, 4.69) is 5.32 Å². The van der Waals surface area contributed by atoms with E-state index in [-0.39, 0.29) is 5.91 Å². The van der Waals surface area contributed by atoms with E-state index in [1.807, 2.05) is 27.7 Å². The average Bonchev–Trinajstić information content (AvgIpc) is 2.72. The monoisotopic (exact) mass is 298 g/mol. The highest BCUT2D eigenvalue weighted by atomic mass is 32.1. The summed E-state index contributed by atoms with van der Waals surface area (Å²) in [6, 6.07) is 0. The highest BCUT2D eigenvalue weighted by Crippen LogP contribution is 2.33. The molecule has 0 unspecified atom stereocenters. The summed E-state index contributed by atoms with van der Waals surface area (Å²) >= 11 is 1.36. The van der Waals surface area contributed by atoms with Crippen molar-refractivity contribution in [3.63, 3.8) is 0 Å². The van der Waals surface area contributed by atoms with Crippen molar-refractivity contribution in [3.8, 4) is 0 Å². The van der Waals surface area contributed by atoms with Crippen LogP contribution in [0.2, 0.25) is 0 Å². The van der Waals surface area contributed by atoms with Crippen LogP contribution in [0.3, 0.4) is 0 Å². The van der Waals surface area contributed by atoms with E-state index < -0.39 is 11.5 Å². The molecule has 0 atom stereocenters. The molecular weight excluding hydrogens is 276 g/mol. The molecule has 0 aromatic carbocycles. The van der Waals surface area contributed by atoms with Gasteiger partial charge in [0.05, 0.1) is 18.2 Å². The van der Waals surface area contributed by atoms with Crippen LogP contribution < -0.4 is 11.1 Å². The number of hydrogen-bond donors (Lipinski definition) is 2. The summed E-state index contributed by atoms with van der Waals surface area (Å²) in [5.74, 6) is -0.716. The van der Waals surface area contributed by atoms with Gasteiger partial charge in [-0.15, -0.1) is 11.3 Å². The van der Waals surface area contributed by atoms with Gasteiger partial charge in [0.15, 0.2) is 0 Å². The summed E-state index contributed by atoms with van der Waals surface area (Å²) in [4.78, 5) is 25.1. The van der Waals surface area contributed by atoms with Gasteiger partial charge in [-0.3, -0.25) is 4.79 Å². The Kier molecular flexibility index (Phi) is 5.30. The lowest BCUT2D eigenvalue weighted by Gasteiger charge is -2.25. The van der Waals surface area contributed by atoms with Crippen LogP contribution in [0.4, 0.5) is 5.00 Å². The maximum atomic E-state index is 12.3. The molecule has 6 heteroatoms. The van der Waals surface area contributed by atoms with Gasteiger partial charge in [-0.05, 0) is 32.3 Å². The maximum Gasteiger partial charge on any atom is 0.341 e. The number of esters is 1. The van der Waals surface area contributed by atoms with Crippen molar-refractivity contribution < 1.29 is 14.3 Å². The van der Waals surface area contributed by atoms with Crippen LogP contribution in [-0.2, 0) is 9.53 Å². The molecule has 20 heavy (non-hydrogen) atoms. The number of rotatable bonds is 5. The maximum absolute atomic E-state index is 12.3. The van der Waals surface area contributed by atoms with Gasteiger partial charge in [0, 0.05) is 4.88 Å². The predicted octanol–water partition coefficient (Wildman–Crippen LogP) is 2.61. The van der Waals surface area contributed by atoms with Crippen molar-refractivity contribution in [2.45, 2.75) is 46.1 Å². The number of nitrogens with two attached hydrogens (primary N) is 1. The van der Waals surface area contributed by atoms with E-state index in [1.165, 1.54) is 18.4 Å². The quantitative estimate of drug-likeness (QED) is 0.819. The number of anilines is 1. The minimum absolute atomic E-state index is 0.270.